The number of ether oxygens (including phenoxy) is 1. The highest BCUT2D eigenvalue weighted by molar-refractivity contribution is 6.50. The summed E-state index contributed by atoms with van der Waals surface area (Å²) in [6.45, 7) is 0. The Bertz CT molecular complexity index is 930. The maximum atomic E-state index is 6.37. The van der Waals surface area contributed by atoms with Gasteiger partial charge in [-0.3, -0.25) is 4.98 Å². The molecule has 3 rings (SSSR count). The second kappa shape index (κ2) is 8.02. The van der Waals surface area contributed by atoms with Crippen LogP contribution < -0.4 is 4.74 Å². The summed E-state index contributed by atoms with van der Waals surface area (Å²) in [5.41, 5.74) is 2.53. The van der Waals surface area contributed by atoms with Gasteiger partial charge in [-0.1, -0.05) is 81.7 Å². The average Bonchev–Trinajstić information content (AvgIpc) is 2.64. The lowest BCUT2D eigenvalue weighted by Gasteiger charge is -2.16. The van der Waals surface area contributed by atoms with Crippen LogP contribution in [-0.2, 0) is 0 Å². The number of halogens is 6. The number of aromatic nitrogens is 1. The molecule has 2 aromatic carbocycles. The first-order valence-electron chi connectivity index (χ1n) is 7.16. The summed E-state index contributed by atoms with van der Waals surface area (Å²) in [7, 11) is 1.54. The van der Waals surface area contributed by atoms with E-state index in [-0.39, 0.29) is 10.0 Å². The second-order valence-corrected chi connectivity index (χ2v) is 7.54. The topological polar surface area (TPSA) is 22.1 Å². The fourth-order valence-electron chi connectivity index (χ4n) is 2.52. The Kier molecular flexibility index (Phi) is 6.13. The molecule has 26 heavy (non-hydrogen) atoms. The van der Waals surface area contributed by atoms with Crippen LogP contribution in [0.3, 0.4) is 0 Å². The Morgan fingerprint density at radius 2 is 1.04 bits per heavy atom. The van der Waals surface area contributed by atoms with Crippen LogP contribution in [0.2, 0.25) is 30.1 Å². The third-order valence-electron chi connectivity index (χ3n) is 3.75. The van der Waals surface area contributed by atoms with Crippen molar-refractivity contribution >= 4 is 69.6 Å². The van der Waals surface area contributed by atoms with E-state index in [0.29, 0.717) is 48.1 Å². The normalized spacial score (nSPS) is 10.9. The van der Waals surface area contributed by atoms with Crippen LogP contribution in [0.15, 0.2) is 36.7 Å². The molecule has 0 aliphatic rings. The van der Waals surface area contributed by atoms with Crippen molar-refractivity contribution in [1.82, 2.24) is 4.98 Å². The molecule has 0 N–H and O–H groups in total. The quantitative estimate of drug-likeness (QED) is 0.361. The van der Waals surface area contributed by atoms with Crippen LogP contribution in [0.1, 0.15) is 0 Å². The first-order valence-corrected chi connectivity index (χ1v) is 9.43. The van der Waals surface area contributed by atoms with Crippen LogP contribution in [0, 0.1) is 0 Å². The molecule has 0 amide bonds. The van der Waals surface area contributed by atoms with E-state index in [1.807, 2.05) is 0 Å². The SMILES string of the molecule is COc1c(-c2ccc(Cl)c(Cl)c2Cl)cncc1-c1ccc(Cl)c(Cl)c1Cl. The van der Waals surface area contributed by atoms with Gasteiger partial charge in [-0.15, -0.1) is 0 Å². The summed E-state index contributed by atoms with van der Waals surface area (Å²) in [6.07, 6.45) is 3.25. The summed E-state index contributed by atoms with van der Waals surface area (Å²) < 4.78 is 5.63. The fraction of sp³-hybridized carbons (Fsp3) is 0.0556. The lowest BCUT2D eigenvalue weighted by atomic mass is 10.00. The highest BCUT2D eigenvalue weighted by Crippen LogP contribution is 2.46. The zero-order valence-electron chi connectivity index (χ0n) is 13.1. The lowest BCUT2D eigenvalue weighted by Crippen LogP contribution is -1.95. The third kappa shape index (κ3) is 3.47. The van der Waals surface area contributed by atoms with Gasteiger partial charge in [-0.05, 0) is 12.1 Å². The maximum absolute atomic E-state index is 6.37. The first-order chi connectivity index (χ1) is 12.4. The average molecular weight is 468 g/mol. The zero-order valence-corrected chi connectivity index (χ0v) is 17.6. The predicted octanol–water partition coefficient (Wildman–Crippen LogP) is 8.34. The zero-order chi connectivity index (χ0) is 19.0. The van der Waals surface area contributed by atoms with Gasteiger partial charge in [-0.2, -0.15) is 0 Å². The monoisotopic (exact) mass is 465 g/mol. The molecule has 0 aliphatic carbocycles. The molecule has 0 spiro atoms. The Morgan fingerprint density at radius 3 is 1.42 bits per heavy atom. The van der Waals surface area contributed by atoms with Gasteiger partial charge in [0, 0.05) is 34.6 Å². The molecule has 0 saturated heterocycles. The van der Waals surface area contributed by atoms with Gasteiger partial charge in [0.25, 0.3) is 0 Å². The number of rotatable bonds is 3. The van der Waals surface area contributed by atoms with E-state index in [4.69, 9.17) is 74.3 Å². The summed E-state index contributed by atoms with van der Waals surface area (Å²) in [5.74, 6) is 0.514. The molecule has 0 fully saturated rings. The molecular weight excluding hydrogens is 459 g/mol. The van der Waals surface area contributed by atoms with Crippen molar-refractivity contribution in [2.45, 2.75) is 0 Å². The second-order valence-electron chi connectivity index (χ2n) is 5.21. The smallest absolute Gasteiger partial charge is 0.137 e. The summed E-state index contributed by atoms with van der Waals surface area (Å²) in [5, 5.41) is 1.83. The fourth-order valence-corrected chi connectivity index (χ4v) is 3.79. The number of methoxy groups -OCH3 is 1. The van der Waals surface area contributed by atoms with E-state index in [9.17, 15) is 0 Å². The number of pyridine rings is 1. The molecular formula is C18H9Cl6NO. The van der Waals surface area contributed by atoms with E-state index in [1.54, 1.807) is 43.8 Å². The summed E-state index contributed by atoms with van der Waals surface area (Å²) >= 11 is 37.1. The van der Waals surface area contributed by atoms with Crippen molar-refractivity contribution in [1.29, 1.82) is 0 Å². The van der Waals surface area contributed by atoms with Crippen LogP contribution in [0.25, 0.3) is 22.3 Å². The van der Waals surface area contributed by atoms with E-state index in [0.717, 1.165) is 0 Å². The van der Waals surface area contributed by atoms with Gasteiger partial charge in [0.1, 0.15) is 5.75 Å². The van der Waals surface area contributed by atoms with E-state index >= 15 is 0 Å². The number of hydrogen-bond donors (Lipinski definition) is 0. The first kappa shape index (κ1) is 19.9. The molecule has 0 atom stereocenters. The Balaban J connectivity index is 2.28. The maximum Gasteiger partial charge on any atom is 0.137 e. The third-order valence-corrected chi connectivity index (χ3v) is 6.34. The molecule has 3 aromatic rings. The lowest BCUT2D eigenvalue weighted by molar-refractivity contribution is 0.417. The number of benzene rings is 2. The minimum Gasteiger partial charge on any atom is -0.495 e. The van der Waals surface area contributed by atoms with E-state index in [1.165, 1.54) is 0 Å². The molecule has 1 heterocycles. The van der Waals surface area contributed by atoms with Crippen molar-refractivity contribution in [2.75, 3.05) is 7.11 Å². The van der Waals surface area contributed by atoms with E-state index < -0.39 is 0 Å². The minimum atomic E-state index is 0.255. The highest BCUT2D eigenvalue weighted by Gasteiger charge is 2.20. The molecule has 2 nitrogen and oxygen atoms in total. The molecule has 0 aliphatic heterocycles. The van der Waals surface area contributed by atoms with Crippen LogP contribution >= 0.6 is 69.6 Å². The molecule has 134 valence electrons. The number of nitrogens with zero attached hydrogens (tertiary/aromatic N) is 1. The minimum absolute atomic E-state index is 0.255. The van der Waals surface area contributed by atoms with Gasteiger partial charge in [-0.25, -0.2) is 0 Å². The van der Waals surface area contributed by atoms with Crippen molar-refractivity contribution in [3.63, 3.8) is 0 Å². The van der Waals surface area contributed by atoms with Gasteiger partial charge in [0.2, 0.25) is 0 Å². The Morgan fingerprint density at radius 1 is 0.615 bits per heavy atom. The van der Waals surface area contributed by atoms with Gasteiger partial charge in [0.05, 0.1) is 37.2 Å². The molecule has 0 bridgehead atoms. The molecule has 0 radical (unpaired) electrons. The van der Waals surface area contributed by atoms with Gasteiger partial charge in [0.15, 0.2) is 0 Å². The molecule has 0 unspecified atom stereocenters. The highest BCUT2D eigenvalue weighted by atomic mass is 35.5. The molecule has 1 aromatic heterocycles. The Labute approximate surface area is 180 Å². The molecule has 8 heteroatoms. The largest absolute Gasteiger partial charge is 0.495 e. The van der Waals surface area contributed by atoms with E-state index in [2.05, 4.69) is 4.98 Å². The summed E-state index contributed by atoms with van der Waals surface area (Å²) in [4.78, 5) is 4.28. The van der Waals surface area contributed by atoms with Crippen LogP contribution in [0.5, 0.6) is 5.75 Å². The van der Waals surface area contributed by atoms with Crippen molar-refractivity contribution in [3.05, 3.63) is 66.8 Å². The van der Waals surface area contributed by atoms with Crippen molar-refractivity contribution < 1.29 is 4.74 Å². The standard InChI is InChI=1S/C18H9Cl6NO/c1-26-18-10(8-2-4-12(19)16(23)14(8)21)6-25-7-11(18)9-3-5-13(20)17(24)15(9)22/h2-7H,1H3. The van der Waals surface area contributed by atoms with Gasteiger partial charge < -0.3 is 4.74 Å². The van der Waals surface area contributed by atoms with Crippen molar-refractivity contribution in [3.8, 4) is 28.0 Å². The van der Waals surface area contributed by atoms with Crippen molar-refractivity contribution in [2.24, 2.45) is 0 Å². The molecule has 0 saturated carbocycles. The Hall–Kier alpha value is -0.870. The van der Waals surface area contributed by atoms with Gasteiger partial charge >= 0.3 is 0 Å². The number of hydrogen-bond acceptors (Lipinski definition) is 2. The van der Waals surface area contributed by atoms with Crippen LogP contribution in [-0.4, -0.2) is 12.1 Å². The predicted molar refractivity (Wildman–Crippen MR) is 112 cm³/mol. The summed E-state index contributed by atoms with van der Waals surface area (Å²) in [6, 6.07) is 6.80. The van der Waals surface area contributed by atoms with Crippen LogP contribution in [0.4, 0.5) is 0 Å².